The molecule has 1 fully saturated rings. The van der Waals surface area contributed by atoms with Crippen LogP contribution in [-0.2, 0) is 0 Å². The van der Waals surface area contributed by atoms with Gasteiger partial charge >= 0.3 is 6.03 Å². The standard InChI is InChI=1S/C17H22ClN3O2S/c1-11-5-4-6-13(11)19-17(23)20-14-8-7-12(18)16(15(14)22)24-21-9-2-3-10-21/h5,7-8,13,22H,2-4,6,9-10H2,1H3,(H2,19,20,23). The second-order valence-electron chi connectivity index (χ2n) is 6.18. The molecule has 0 spiro atoms. The predicted octanol–water partition coefficient (Wildman–Crippen LogP) is 4.38. The summed E-state index contributed by atoms with van der Waals surface area (Å²) in [6.45, 7) is 3.97. The maximum absolute atomic E-state index is 12.2. The zero-order chi connectivity index (χ0) is 17.1. The fourth-order valence-corrected chi connectivity index (χ4v) is 4.30. The molecule has 1 aromatic rings. The van der Waals surface area contributed by atoms with Gasteiger partial charge in [-0.25, -0.2) is 9.10 Å². The van der Waals surface area contributed by atoms with E-state index in [1.165, 1.54) is 17.5 Å². The van der Waals surface area contributed by atoms with E-state index in [0.29, 0.717) is 15.6 Å². The van der Waals surface area contributed by atoms with Gasteiger partial charge in [-0.1, -0.05) is 23.3 Å². The zero-order valence-electron chi connectivity index (χ0n) is 13.6. The maximum atomic E-state index is 12.2. The molecule has 5 nitrogen and oxygen atoms in total. The number of anilines is 1. The summed E-state index contributed by atoms with van der Waals surface area (Å²) in [7, 11) is 0. The fourth-order valence-electron chi connectivity index (χ4n) is 2.99. The predicted molar refractivity (Wildman–Crippen MR) is 98.7 cm³/mol. The highest BCUT2D eigenvalue weighted by Gasteiger charge is 2.21. The fraction of sp³-hybridized carbons (Fsp3) is 0.471. The molecule has 7 heteroatoms. The smallest absolute Gasteiger partial charge is 0.319 e. The minimum Gasteiger partial charge on any atom is -0.505 e. The van der Waals surface area contributed by atoms with Crippen molar-refractivity contribution in [1.29, 1.82) is 0 Å². The van der Waals surface area contributed by atoms with Crippen LogP contribution < -0.4 is 10.6 Å². The number of amides is 2. The lowest BCUT2D eigenvalue weighted by atomic mass is 10.2. The number of halogens is 1. The largest absolute Gasteiger partial charge is 0.505 e. The van der Waals surface area contributed by atoms with E-state index < -0.39 is 0 Å². The van der Waals surface area contributed by atoms with Gasteiger partial charge in [0.05, 0.1) is 21.6 Å². The van der Waals surface area contributed by atoms with E-state index in [9.17, 15) is 9.90 Å². The highest BCUT2D eigenvalue weighted by atomic mass is 35.5. The van der Waals surface area contributed by atoms with Gasteiger partial charge in [0.2, 0.25) is 0 Å². The summed E-state index contributed by atoms with van der Waals surface area (Å²) >= 11 is 7.68. The topological polar surface area (TPSA) is 64.6 Å². The van der Waals surface area contributed by atoms with Crippen molar-refractivity contribution in [3.05, 3.63) is 28.8 Å². The maximum Gasteiger partial charge on any atom is 0.319 e. The summed E-state index contributed by atoms with van der Waals surface area (Å²) in [5, 5.41) is 16.7. The van der Waals surface area contributed by atoms with Crippen molar-refractivity contribution < 1.29 is 9.90 Å². The quantitative estimate of drug-likeness (QED) is 0.420. The van der Waals surface area contributed by atoms with Crippen LogP contribution in [0.3, 0.4) is 0 Å². The van der Waals surface area contributed by atoms with Gasteiger partial charge in [0.15, 0.2) is 5.75 Å². The van der Waals surface area contributed by atoms with Crippen LogP contribution in [0.5, 0.6) is 5.75 Å². The number of nitrogens with one attached hydrogen (secondary N) is 2. The second-order valence-corrected chi connectivity index (χ2v) is 7.69. The molecule has 0 radical (unpaired) electrons. The number of phenolic OH excluding ortho intramolecular Hbond substituents is 1. The van der Waals surface area contributed by atoms with Gasteiger partial charge in [-0.05, 0) is 56.7 Å². The van der Waals surface area contributed by atoms with Crippen LogP contribution in [0.15, 0.2) is 28.7 Å². The van der Waals surface area contributed by atoms with Crippen molar-refractivity contribution in [2.45, 2.75) is 43.5 Å². The average Bonchev–Trinajstić information content (AvgIpc) is 3.19. The third kappa shape index (κ3) is 3.99. The second kappa shape index (κ2) is 7.68. The summed E-state index contributed by atoms with van der Waals surface area (Å²) in [5.41, 5.74) is 1.55. The highest BCUT2D eigenvalue weighted by Crippen LogP contribution is 2.42. The number of aromatic hydroxyl groups is 1. The summed E-state index contributed by atoms with van der Waals surface area (Å²) in [5.74, 6) is 0.0215. The van der Waals surface area contributed by atoms with Crippen LogP contribution in [0.2, 0.25) is 5.02 Å². The van der Waals surface area contributed by atoms with Crippen molar-refractivity contribution in [3.63, 3.8) is 0 Å². The molecule has 1 aromatic carbocycles. The van der Waals surface area contributed by atoms with Crippen LogP contribution in [0.25, 0.3) is 0 Å². The van der Waals surface area contributed by atoms with E-state index in [1.807, 2.05) is 6.92 Å². The zero-order valence-corrected chi connectivity index (χ0v) is 15.2. The van der Waals surface area contributed by atoms with Gasteiger partial charge in [0.1, 0.15) is 0 Å². The summed E-state index contributed by atoms with van der Waals surface area (Å²) < 4.78 is 2.18. The van der Waals surface area contributed by atoms with E-state index in [1.54, 1.807) is 12.1 Å². The molecule has 1 saturated heterocycles. The van der Waals surface area contributed by atoms with Crippen LogP contribution in [-0.4, -0.2) is 34.6 Å². The molecule has 1 unspecified atom stereocenters. The number of rotatable bonds is 4. The van der Waals surface area contributed by atoms with E-state index in [2.05, 4.69) is 21.0 Å². The average molecular weight is 368 g/mol. The Morgan fingerprint density at radius 3 is 2.79 bits per heavy atom. The number of allylic oxidation sites excluding steroid dienone is 1. The third-order valence-electron chi connectivity index (χ3n) is 4.39. The van der Waals surface area contributed by atoms with Gasteiger partial charge in [-0.2, -0.15) is 0 Å². The van der Waals surface area contributed by atoms with Crippen molar-refractivity contribution in [2.75, 3.05) is 18.4 Å². The molecular formula is C17H22ClN3O2S. The SMILES string of the molecule is CC1=CCCC1NC(=O)Nc1ccc(Cl)c(SN2CCCC2)c1O. The van der Waals surface area contributed by atoms with Crippen LogP contribution in [0.4, 0.5) is 10.5 Å². The molecule has 0 saturated carbocycles. The number of nitrogens with zero attached hydrogens (tertiary/aromatic N) is 1. The van der Waals surface area contributed by atoms with Gasteiger partial charge in [0.25, 0.3) is 0 Å². The Bertz CT molecular complexity index is 659. The Kier molecular flexibility index (Phi) is 5.58. The number of benzene rings is 1. The Morgan fingerprint density at radius 2 is 2.12 bits per heavy atom. The molecule has 1 heterocycles. The molecule has 0 bridgehead atoms. The molecule has 2 aliphatic rings. The number of carbonyl (C=O) groups excluding carboxylic acids is 1. The molecule has 24 heavy (non-hydrogen) atoms. The van der Waals surface area contributed by atoms with Crippen LogP contribution in [0, 0.1) is 0 Å². The number of phenols is 1. The molecule has 130 valence electrons. The molecule has 0 aromatic heterocycles. The van der Waals surface area contributed by atoms with Gasteiger partial charge in [-0.3, -0.25) is 0 Å². The summed E-state index contributed by atoms with van der Waals surface area (Å²) in [4.78, 5) is 12.8. The van der Waals surface area contributed by atoms with Crippen molar-refractivity contribution >= 4 is 35.3 Å². The molecule has 1 atom stereocenters. The lowest BCUT2D eigenvalue weighted by molar-refractivity contribution is 0.249. The van der Waals surface area contributed by atoms with Crippen molar-refractivity contribution in [2.24, 2.45) is 0 Å². The molecule has 1 aliphatic heterocycles. The number of hydrogen-bond donors (Lipinski definition) is 3. The monoisotopic (exact) mass is 367 g/mol. The first-order valence-electron chi connectivity index (χ1n) is 8.23. The number of hydrogen-bond acceptors (Lipinski definition) is 4. The first kappa shape index (κ1) is 17.5. The van der Waals surface area contributed by atoms with Crippen molar-refractivity contribution in [1.82, 2.24) is 9.62 Å². The normalized spacial score (nSPS) is 20.9. The van der Waals surface area contributed by atoms with Gasteiger partial charge in [0, 0.05) is 13.1 Å². The highest BCUT2D eigenvalue weighted by molar-refractivity contribution is 7.97. The molecule has 2 amide bonds. The lowest BCUT2D eigenvalue weighted by Gasteiger charge is -2.19. The Hall–Kier alpha value is -1.37. The first-order chi connectivity index (χ1) is 11.5. The lowest BCUT2D eigenvalue weighted by Crippen LogP contribution is -2.37. The van der Waals surface area contributed by atoms with E-state index in [4.69, 9.17) is 11.6 Å². The van der Waals surface area contributed by atoms with Crippen molar-refractivity contribution in [3.8, 4) is 5.75 Å². The third-order valence-corrected chi connectivity index (χ3v) is 6.04. The number of urea groups is 1. The minimum atomic E-state index is -0.315. The van der Waals surface area contributed by atoms with Gasteiger partial charge < -0.3 is 15.7 Å². The van der Waals surface area contributed by atoms with E-state index in [0.717, 1.165) is 38.8 Å². The summed E-state index contributed by atoms with van der Waals surface area (Å²) in [6, 6.07) is 3.08. The van der Waals surface area contributed by atoms with E-state index >= 15 is 0 Å². The summed E-state index contributed by atoms with van der Waals surface area (Å²) in [6.07, 6.45) is 6.34. The Balaban J connectivity index is 1.68. The number of carbonyl (C=O) groups is 1. The molecule has 1 aliphatic carbocycles. The minimum absolute atomic E-state index is 0.0215. The van der Waals surface area contributed by atoms with Gasteiger partial charge in [-0.15, -0.1) is 0 Å². The first-order valence-corrected chi connectivity index (χ1v) is 9.38. The molecule has 3 rings (SSSR count). The molecule has 3 N–H and O–H groups in total. The van der Waals surface area contributed by atoms with Crippen LogP contribution >= 0.6 is 23.5 Å². The Morgan fingerprint density at radius 1 is 1.38 bits per heavy atom. The Labute approximate surface area is 151 Å². The van der Waals surface area contributed by atoms with Crippen LogP contribution in [0.1, 0.15) is 32.6 Å². The van der Waals surface area contributed by atoms with E-state index in [-0.39, 0.29) is 17.8 Å². The molecular weight excluding hydrogens is 346 g/mol.